The smallest absolute Gasteiger partial charge is 0.425 e. The number of benzene rings is 2. The molecule has 0 aliphatic carbocycles. The third-order valence-electron chi connectivity index (χ3n) is 3.87. The van der Waals surface area contributed by atoms with E-state index in [2.05, 4.69) is 0 Å². The Balaban J connectivity index is 2.07. The second-order valence-corrected chi connectivity index (χ2v) is 9.05. The molecule has 0 radical (unpaired) electrons. The van der Waals surface area contributed by atoms with Gasteiger partial charge in [0.1, 0.15) is 12.2 Å². The van der Waals surface area contributed by atoms with Crippen molar-refractivity contribution < 1.29 is 19.1 Å². The zero-order valence-electron chi connectivity index (χ0n) is 18.3. The second kappa shape index (κ2) is 11.0. The number of nitrogens with zero attached hydrogens (tertiary/aromatic N) is 2. The maximum absolute atomic E-state index is 12.7. The summed E-state index contributed by atoms with van der Waals surface area (Å²) in [6, 6.07) is 16.3. The van der Waals surface area contributed by atoms with E-state index >= 15 is 0 Å². The van der Waals surface area contributed by atoms with E-state index in [1.165, 1.54) is 16.3 Å². The first kappa shape index (κ1) is 23.8. The SMILES string of the molecule is CN(C)CCSN(C(=O)OC(C)(C)C)c1ccc(C(=O)OCc2ccccc2)cc1. The Bertz CT molecular complexity index is 817. The summed E-state index contributed by atoms with van der Waals surface area (Å²) < 4.78 is 12.4. The van der Waals surface area contributed by atoms with Crippen LogP contribution in [0.1, 0.15) is 36.7 Å². The number of carbonyl (C=O) groups excluding carboxylic acids is 2. The van der Waals surface area contributed by atoms with Crippen LogP contribution in [0.5, 0.6) is 0 Å². The van der Waals surface area contributed by atoms with Gasteiger partial charge in [-0.25, -0.2) is 13.9 Å². The fraction of sp³-hybridized carbons (Fsp3) is 0.391. The number of ether oxygens (including phenoxy) is 2. The summed E-state index contributed by atoms with van der Waals surface area (Å²) in [4.78, 5) is 27.1. The highest BCUT2D eigenvalue weighted by atomic mass is 32.2. The molecule has 0 aliphatic rings. The standard InChI is InChI=1S/C23H30N2O4S/c1-23(2,3)29-22(27)25(30-16-15-24(4)5)20-13-11-19(12-14-20)21(26)28-17-18-9-7-6-8-10-18/h6-14H,15-17H2,1-5H3. The topological polar surface area (TPSA) is 59.1 Å². The molecule has 0 N–H and O–H groups in total. The van der Waals surface area contributed by atoms with Crippen molar-refractivity contribution in [1.82, 2.24) is 4.90 Å². The minimum Gasteiger partial charge on any atom is -0.457 e. The first-order valence-corrected chi connectivity index (χ1v) is 10.7. The van der Waals surface area contributed by atoms with Crippen molar-refractivity contribution >= 4 is 29.7 Å². The van der Waals surface area contributed by atoms with Gasteiger partial charge in [-0.3, -0.25) is 0 Å². The lowest BCUT2D eigenvalue weighted by Crippen LogP contribution is -2.33. The molecule has 2 rings (SSSR count). The van der Waals surface area contributed by atoms with E-state index in [0.717, 1.165) is 12.1 Å². The van der Waals surface area contributed by atoms with Crippen molar-refractivity contribution in [1.29, 1.82) is 0 Å². The van der Waals surface area contributed by atoms with Gasteiger partial charge in [-0.1, -0.05) is 30.3 Å². The van der Waals surface area contributed by atoms with Crippen LogP contribution in [0, 0.1) is 0 Å². The molecule has 0 saturated heterocycles. The van der Waals surface area contributed by atoms with Crippen LogP contribution in [0.2, 0.25) is 0 Å². The summed E-state index contributed by atoms with van der Waals surface area (Å²) in [6.07, 6.45) is -0.439. The van der Waals surface area contributed by atoms with Crippen molar-refractivity contribution in [2.24, 2.45) is 0 Å². The van der Waals surface area contributed by atoms with Gasteiger partial charge in [0, 0.05) is 12.3 Å². The quantitative estimate of drug-likeness (QED) is 0.434. The van der Waals surface area contributed by atoms with Gasteiger partial charge in [0.25, 0.3) is 0 Å². The average Bonchev–Trinajstić information content (AvgIpc) is 2.69. The molecule has 0 unspecified atom stereocenters. The molecule has 2 aromatic rings. The predicted octanol–water partition coefficient (Wildman–Crippen LogP) is 4.99. The minimum atomic E-state index is -0.599. The Morgan fingerprint density at radius 3 is 2.17 bits per heavy atom. The lowest BCUT2D eigenvalue weighted by Gasteiger charge is -2.27. The Labute approximate surface area is 183 Å². The van der Waals surface area contributed by atoms with Crippen LogP contribution < -0.4 is 4.31 Å². The molecule has 0 heterocycles. The molecule has 2 aromatic carbocycles. The number of hydrogen-bond donors (Lipinski definition) is 0. The maximum atomic E-state index is 12.7. The van der Waals surface area contributed by atoms with Crippen molar-refractivity contribution in [3.05, 3.63) is 65.7 Å². The van der Waals surface area contributed by atoms with Gasteiger partial charge in [0.05, 0.1) is 11.3 Å². The molecule has 0 spiro atoms. The van der Waals surface area contributed by atoms with Crippen LogP contribution in [-0.2, 0) is 16.1 Å². The van der Waals surface area contributed by atoms with Gasteiger partial charge in [-0.05, 0) is 76.6 Å². The molecule has 30 heavy (non-hydrogen) atoms. The number of esters is 1. The fourth-order valence-corrected chi connectivity index (χ4v) is 3.43. The van der Waals surface area contributed by atoms with E-state index in [4.69, 9.17) is 9.47 Å². The summed E-state index contributed by atoms with van der Waals surface area (Å²) in [6.45, 7) is 6.53. The molecule has 0 aliphatic heterocycles. The number of hydrogen-bond acceptors (Lipinski definition) is 6. The molecule has 0 saturated carbocycles. The number of rotatable bonds is 8. The summed E-state index contributed by atoms with van der Waals surface area (Å²) in [5.74, 6) is 0.308. The third-order valence-corrected chi connectivity index (χ3v) is 4.85. The zero-order chi connectivity index (χ0) is 22.1. The molecule has 1 amide bonds. The molecule has 0 atom stereocenters. The number of amides is 1. The number of anilines is 1. The lowest BCUT2D eigenvalue weighted by atomic mass is 10.2. The Morgan fingerprint density at radius 1 is 0.967 bits per heavy atom. The molecule has 7 heteroatoms. The first-order chi connectivity index (χ1) is 14.2. The normalized spacial score (nSPS) is 11.3. The summed E-state index contributed by atoms with van der Waals surface area (Å²) >= 11 is 1.37. The van der Waals surface area contributed by atoms with Crippen LogP contribution in [0.15, 0.2) is 54.6 Å². The van der Waals surface area contributed by atoms with E-state index in [-0.39, 0.29) is 6.61 Å². The molecule has 162 valence electrons. The molecular formula is C23H30N2O4S. The monoisotopic (exact) mass is 430 g/mol. The molecule has 6 nitrogen and oxygen atoms in total. The van der Waals surface area contributed by atoms with E-state index in [1.807, 2.05) is 70.1 Å². The minimum absolute atomic E-state index is 0.214. The highest BCUT2D eigenvalue weighted by molar-refractivity contribution is 8.01. The van der Waals surface area contributed by atoms with Gasteiger partial charge in [-0.15, -0.1) is 0 Å². The van der Waals surface area contributed by atoms with Gasteiger partial charge in [0.2, 0.25) is 0 Å². The number of carbonyl (C=O) groups is 2. The summed E-state index contributed by atoms with van der Waals surface area (Å²) in [7, 11) is 3.96. The Kier molecular flexibility index (Phi) is 8.74. The van der Waals surface area contributed by atoms with Crippen LogP contribution in [0.25, 0.3) is 0 Å². The second-order valence-electron chi connectivity index (χ2n) is 8.02. The zero-order valence-corrected chi connectivity index (χ0v) is 19.1. The van der Waals surface area contributed by atoms with E-state index in [9.17, 15) is 9.59 Å². The summed E-state index contributed by atoms with van der Waals surface area (Å²) in [5, 5.41) is 0. The lowest BCUT2D eigenvalue weighted by molar-refractivity contribution is 0.0472. The third kappa shape index (κ3) is 8.08. The van der Waals surface area contributed by atoms with E-state index < -0.39 is 17.7 Å². The van der Waals surface area contributed by atoms with Crippen LogP contribution in [0.4, 0.5) is 10.5 Å². The fourth-order valence-electron chi connectivity index (χ4n) is 2.39. The highest BCUT2D eigenvalue weighted by Crippen LogP contribution is 2.26. The first-order valence-electron chi connectivity index (χ1n) is 9.77. The molecule has 0 bridgehead atoms. The Hall–Kier alpha value is -2.51. The van der Waals surface area contributed by atoms with E-state index in [0.29, 0.717) is 17.0 Å². The molecule has 0 aromatic heterocycles. The van der Waals surface area contributed by atoms with Crippen LogP contribution >= 0.6 is 11.9 Å². The van der Waals surface area contributed by atoms with Gasteiger partial charge in [-0.2, -0.15) is 0 Å². The van der Waals surface area contributed by atoms with Crippen molar-refractivity contribution in [2.45, 2.75) is 33.0 Å². The molecule has 0 fully saturated rings. The summed E-state index contributed by atoms with van der Waals surface area (Å²) in [5.41, 5.74) is 1.40. The average molecular weight is 431 g/mol. The van der Waals surface area contributed by atoms with Crippen LogP contribution in [-0.4, -0.2) is 49.0 Å². The van der Waals surface area contributed by atoms with Crippen molar-refractivity contribution in [3.63, 3.8) is 0 Å². The van der Waals surface area contributed by atoms with Gasteiger partial charge in [0.15, 0.2) is 0 Å². The van der Waals surface area contributed by atoms with Crippen molar-refractivity contribution in [3.8, 4) is 0 Å². The van der Waals surface area contributed by atoms with E-state index in [1.54, 1.807) is 24.3 Å². The molecular weight excluding hydrogens is 400 g/mol. The maximum Gasteiger partial charge on any atom is 0.425 e. The van der Waals surface area contributed by atoms with Gasteiger partial charge >= 0.3 is 12.1 Å². The van der Waals surface area contributed by atoms with Crippen LogP contribution in [0.3, 0.4) is 0 Å². The predicted molar refractivity (Wildman–Crippen MR) is 122 cm³/mol. The van der Waals surface area contributed by atoms with Crippen molar-refractivity contribution in [2.75, 3.05) is 30.7 Å². The highest BCUT2D eigenvalue weighted by Gasteiger charge is 2.24. The Morgan fingerprint density at radius 2 is 1.60 bits per heavy atom. The van der Waals surface area contributed by atoms with Gasteiger partial charge < -0.3 is 14.4 Å². The largest absolute Gasteiger partial charge is 0.457 e.